The van der Waals surface area contributed by atoms with Gasteiger partial charge in [-0.1, -0.05) is 121 Å². The van der Waals surface area contributed by atoms with E-state index in [1.807, 2.05) is 6.07 Å². The molecule has 0 bridgehead atoms. The van der Waals surface area contributed by atoms with Crippen LogP contribution in [0.25, 0.3) is 83.2 Å². The molecule has 11 rings (SSSR count). The van der Waals surface area contributed by atoms with Crippen molar-refractivity contribution >= 4 is 60.7 Å². The monoisotopic (exact) mass is 652 g/mol. The predicted octanol–water partition coefficient (Wildman–Crippen LogP) is 12.8. The second kappa shape index (κ2) is 11.0. The average Bonchev–Trinajstić information content (AvgIpc) is 3.86. The van der Waals surface area contributed by atoms with Gasteiger partial charge in [0.2, 0.25) is 0 Å². The molecule has 1 aliphatic carbocycles. The molecule has 0 saturated heterocycles. The fourth-order valence-corrected chi connectivity index (χ4v) is 8.57. The van der Waals surface area contributed by atoms with Gasteiger partial charge in [0.15, 0.2) is 0 Å². The van der Waals surface area contributed by atoms with E-state index >= 15 is 0 Å². The van der Waals surface area contributed by atoms with E-state index in [0.29, 0.717) is 0 Å². The van der Waals surface area contributed by atoms with Crippen LogP contribution in [-0.4, -0.2) is 9.13 Å². The molecule has 3 aromatic heterocycles. The van der Waals surface area contributed by atoms with Crippen LogP contribution >= 0.6 is 0 Å². The van der Waals surface area contributed by atoms with Crippen molar-refractivity contribution in [2.24, 2.45) is 0 Å². The van der Waals surface area contributed by atoms with Gasteiger partial charge in [-0.2, -0.15) is 0 Å². The molecule has 3 heteroatoms. The lowest BCUT2D eigenvalue weighted by Crippen LogP contribution is -2.03. The van der Waals surface area contributed by atoms with E-state index in [4.69, 9.17) is 4.42 Å². The second-order valence-corrected chi connectivity index (χ2v) is 13.7. The van der Waals surface area contributed by atoms with Crippen molar-refractivity contribution in [2.75, 3.05) is 0 Å². The Balaban J connectivity index is 1.04. The van der Waals surface area contributed by atoms with E-state index in [2.05, 4.69) is 179 Å². The minimum absolute atomic E-state index is 0.182. The van der Waals surface area contributed by atoms with Crippen LogP contribution in [0.4, 0.5) is 0 Å². The summed E-state index contributed by atoms with van der Waals surface area (Å²) in [7, 11) is 0. The average molecular weight is 653 g/mol. The summed E-state index contributed by atoms with van der Waals surface area (Å²) in [4.78, 5) is 0. The lowest BCUT2D eigenvalue weighted by atomic mass is 9.85. The van der Waals surface area contributed by atoms with Crippen LogP contribution in [0.5, 0.6) is 0 Å². The molecule has 3 nitrogen and oxygen atoms in total. The minimum atomic E-state index is 0.182. The molecule has 1 unspecified atom stereocenters. The largest absolute Gasteiger partial charge is 0.460 e. The van der Waals surface area contributed by atoms with Gasteiger partial charge in [-0.25, -0.2) is 0 Å². The maximum atomic E-state index is 6.47. The van der Waals surface area contributed by atoms with Gasteiger partial charge >= 0.3 is 0 Å². The zero-order valence-electron chi connectivity index (χ0n) is 27.8. The Kier molecular flexibility index (Phi) is 6.08. The van der Waals surface area contributed by atoms with Crippen molar-refractivity contribution in [3.63, 3.8) is 0 Å². The summed E-state index contributed by atoms with van der Waals surface area (Å²) in [5.74, 6) is 1.25. The van der Waals surface area contributed by atoms with Crippen LogP contribution in [0.1, 0.15) is 29.2 Å². The summed E-state index contributed by atoms with van der Waals surface area (Å²) in [6, 6.07) is 59.5. The minimum Gasteiger partial charge on any atom is -0.460 e. The normalized spacial score (nSPS) is 14.3. The fourth-order valence-electron chi connectivity index (χ4n) is 8.57. The van der Waals surface area contributed by atoms with Crippen LogP contribution in [0.2, 0.25) is 0 Å². The third-order valence-electron chi connectivity index (χ3n) is 10.9. The van der Waals surface area contributed by atoms with Gasteiger partial charge in [0.25, 0.3) is 0 Å². The molecule has 51 heavy (non-hydrogen) atoms. The molecular weight excluding hydrogens is 621 g/mol. The van der Waals surface area contributed by atoms with Crippen LogP contribution in [0, 0.1) is 0 Å². The van der Waals surface area contributed by atoms with Crippen molar-refractivity contribution < 1.29 is 4.42 Å². The molecule has 0 aliphatic heterocycles. The molecular formula is C48H32N2O. The SMILES string of the molecule is C1=Cc2c(oc3ccccc23)C(c2cccc(-c3cccc(-n4c5ccccc5c5cc(-n6c7ccccc7c7ccccc76)ccc54)c3)c2)C1. The number of aromatic nitrogens is 2. The molecule has 240 valence electrons. The highest BCUT2D eigenvalue weighted by Gasteiger charge is 2.25. The van der Waals surface area contributed by atoms with Gasteiger partial charge in [0.1, 0.15) is 11.3 Å². The maximum absolute atomic E-state index is 6.47. The first-order chi connectivity index (χ1) is 25.3. The Labute approximate surface area is 294 Å². The zero-order valence-corrected chi connectivity index (χ0v) is 27.8. The molecule has 0 saturated carbocycles. The Morgan fingerprint density at radius 3 is 1.75 bits per heavy atom. The van der Waals surface area contributed by atoms with Gasteiger partial charge in [-0.05, 0) is 77.7 Å². The van der Waals surface area contributed by atoms with Crippen LogP contribution < -0.4 is 0 Å². The molecule has 0 fully saturated rings. The Morgan fingerprint density at radius 2 is 1.02 bits per heavy atom. The molecule has 1 atom stereocenters. The molecule has 0 amide bonds. The topological polar surface area (TPSA) is 23.0 Å². The number of hydrogen-bond donors (Lipinski definition) is 0. The van der Waals surface area contributed by atoms with Gasteiger partial charge < -0.3 is 13.6 Å². The maximum Gasteiger partial charge on any atom is 0.134 e. The van der Waals surface area contributed by atoms with Crippen LogP contribution in [0.3, 0.4) is 0 Å². The first-order valence-electron chi connectivity index (χ1n) is 17.7. The third kappa shape index (κ3) is 4.25. The molecule has 3 heterocycles. The molecule has 1 aliphatic rings. The van der Waals surface area contributed by atoms with Crippen LogP contribution in [0.15, 0.2) is 174 Å². The van der Waals surface area contributed by atoms with Crippen LogP contribution in [-0.2, 0) is 0 Å². The Bertz CT molecular complexity index is 2970. The van der Waals surface area contributed by atoms with Gasteiger partial charge in [-0.15, -0.1) is 0 Å². The van der Waals surface area contributed by atoms with Gasteiger partial charge in [-0.3, -0.25) is 0 Å². The summed E-state index contributed by atoms with van der Waals surface area (Å²) in [6.07, 6.45) is 5.44. The third-order valence-corrected chi connectivity index (χ3v) is 10.9. The highest BCUT2D eigenvalue weighted by atomic mass is 16.3. The lowest BCUT2D eigenvalue weighted by molar-refractivity contribution is 0.517. The van der Waals surface area contributed by atoms with E-state index in [9.17, 15) is 0 Å². The van der Waals surface area contributed by atoms with Crippen molar-refractivity contribution in [2.45, 2.75) is 12.3 Å². The molecule has 0 radical (unpaired) electrons. The molecule has 10 aromatic rings. The zero-order chi connectivity index (χ0) is 33.5. The lowest BCUT2D eigenvalue weighted by Gasteiger charge is -2.19. The summed E-state index contributed by atoms with van der Waals surface area (Å²) in [6.45, 7) is 0. The number of rotatable bonds is 4. The second-order valence-electron chi connectivity index (χ2n) is 13.7. The number of allylic oxidation sites excluding steroid dienone is 1. The molecule has 0 N–H and O–H groups in total. The standard InChI is InChI=1S/C48H32N2O/c1-5-22-43-37(16-1)38-17-2-6-23-44(38)50(43)35-26-27-46-42(30-35)39-18-3-7-24-45(39)49(46)34-15-10-13-32(29-34)31-12-9-14-33(28-31)36-20-11-21-41-40-19-4-8-25-47(40)51-48(36)41/h1-19,21-30,36H,20H2. The summed E-state index contributed by atoms with van der Waals surface area (Å²) in [5, 5.41) is 6.22. The van der Waals surface area contributed by atoms with E-state index in [-0.39, 0.29) is 5.92 Å². The summed E-state index contributed by atoms with van der Waals surface area (Å²) in [5.41, 5.74) is 13.0. The number of para-hydroxylation sites is 4. The van der Waals surface area contributed by atoms with Crippen molar-refractivity contribution in [1.82, 2.24) is 9.13 Å². The van der Waals surface area contributed by atoms with Gasteiger partial charge in [0, 0.05) is 49.8 Å². The van der Waals surface area contributed by atoms with Gasteiger partial charge in [0.05, 0.1) is 22.1 Å². The predicted molar refractivity (Wildman–Crippen MR) is 212 cm³/mol. The number of hydrogen-bond acceptors (Lipinski definition) is 1. The first-order valence-corrected chi connectivity index (χ1v) is 17.7. The van der Waals surface area contributed by atoms with Crippen molar-refractivity contribution in [3.05, 3.63) is 187 Å². The number of nitrogens with zero attached hydrogens (tertiary/aromatic N) is 2. The number of fused-ring (bicyclic) bond motifs is 9. The highest BCUT2D eigenvalue weighted by Crippen LogP contribution is 2.42. The van der Waals surface area contributed by atoms with Crippen molar-refractivity contribution in [1.29, 1.82) is 0 Å². The van der Waals surface area contributed by atoms with E-state index in [1.165, 1.54) is 76.9 Å². The van der Waals surface area contributed by atoms with E-state index < -0.39 is 0 Å². The van der Waals surface area contributed by atoms with E-state index in [1.54, 1.807) is 0 Å². The van der Waals surface area contributed by atoms with E-state index in [0.717, 1.165) is 23.5 Å². The summed E-state index contributed by atoms with van der Waals surface area (Å²) < 4.78 is 11.3. The fraction of sp³-hybridized carbons (Fsp3) is 0.0417. The summed E-state index contributed by atoms with van der Waals surface area (Å²) >= 11 is 0. The highest BCUT2D eigenvalue weighted by molar-refractivity contribution is 6.12. The smallest absolute Gasteiger partial charge is 0.134 e. The van der Waals surface area contributed by atoms with Crippen molar-refractivity contribution in [3.8, 4) is 22.5 Å². The molecule has 0 spiro atoms. The Morgan fingerprint density at radius 1 is 0.451 bits per heavy atom. The quantitative estimate of drug-likeness (QED) is 0.186. The Hall–Kier alpha value is -6.58. The first kappa shape index (κ1) is 28.3. The molecule has 7 aromatic carbocycles. The number of benzene rings is 7. The number of furan rings is 1.